The number of allylic oxidation sites excluding steroid dienone is 1. The average molecular weight is 457 g/mol. The molecule has 0 aromatic heterocycles. The van der Waals surface area contributed by atoms with E-state index in [0.717, 1.165) is 24.2 Å². The van der Waals surface area contributed by atoms with Crippen LogP contribution in [0.25, 0.3) is 0 Å². The summed E-state index contributed by atoms with van der Waals surface area (Å²) < 4.78 is 10.3. The molecule has 3 fully saturated rings. The summed E-state index contributed by atoms with van der Waals surface area (Å²) in [7, 11) is 0. The predicted molar refractivity (Wildman–Crippen MR) is 120 cm³/mol. The van der Waals surface area contributed by atoms with E-state index in [1.807, 2.05) is 0 Å². The molecule has 0 aliphatic heterocycles. The van der Waals surface area contributed by atoms with Crippen molar-refractivity contribution in [2.75, 3.05) is 0 Å². The number of unbranched alkanes of at least 4 members (excludes halogenated alkanes) is 2. The van der Waals surface area contributed by atoms with E-state index >= 15 is 0 Å². The molecule has 1 nitrogen and oxygen atoms in total. The van der Waals surface area contributed by atoms with E-state index < -0.39 is 0 Å². The summed E-state index contributed by atoms with van der Waals surface area (Å²) in [4.78, 5) is 0. The Kier molecular flexibility index (Phi) is 7.90. The standard InChI is InChI=1S/C24H41OSSe/c1-4-5-6-8-13-23(2)15-11-20-22(19(23)12-16-27)21(26-25)17-18-10-7-9-14-24(18,20)3/h4,18-22,25H,1,5-17H2,2-3H3. The van der Waals surface area contributed by atoms with Crippen LogP contribution in [0.2, 0.25) is 5.32 Å². The molecule has 1 radical (unpaired) electrons. The van der Waals surface area contributed by atoms with E-state index in [4.69, 9.17) is 0 Å². The summed E-state index contributed by atoms with van der Waals surface area (Å²) in [6.45, 7) is 9.12. The van der Waals surface area contributed by atoms with Crippen LogP contribution >= 0.6 is 12.0 Å². The molecule has 1 N–H and O–H groups in total. The normalized spacial score (nSPS) is 44.4. The second kappa shape index (κ2) is 9.59. The molecule has 0 aromatic carbocycles. The predicted octanol–water partition coefficient (Wildman–Crippen LogP) is 7.53. The summed E-state index contributed by atoms with van der Waals surface area (Å²) in [5.74, 6) is 3.17. The molecular formula is C24H41OSSe. The molecule has 0 spiro atoms. The fourth-order valence-corrected chi connectivity index (χ4v) is 8.92. The van der Waals surface area contributed by atoms with Crippen LogP contribution < -0.4 is 0 Å². The van der Waals surface area contributed by atoms with E-state index in [1.54, 1.807) is 0 Å². The van der Waals surface area contributed by atoms with Gasteiger partial charge in [0.05, 0.1) is 0 Å². The van der Waals surface area contributed by atoms with Crippen molar-refractivity contribution in [2.45, 2.75) is 101 Å². The molecular weight excluding hydrogens is 415 g/mol. The van der Waals surface area contributed by atoms with Crippen molar-refractivity contribution in [1.82, 2.24) is 0 Å². The molecule has 0 bridgehead atoms. The van der Waals surface area contributed by atoms with Crippen LogP contribution in [-0.2, 0) is 0 Å². The van der Waals surface area contributed by atoms with Crippen molar-refractivity contribution < 1.29 is 4.55 Å². The van der Waals surface area contributed by atoms with Gasteiger partial charge in [-0.2, -0.15) is 0 Å². The zero-order valence-corrected chi connectivity index (χ0v) is 20.2. The van der Waals surface area contributed by atoms with E-state index in [2.05, 4.69) is 42.5 Å². The minimum absolute atomic E-state index is 0.456. The van der Waals surface area contributed by atoms with Gasteiger partial charge in [-0.3, -0.25) is 0 Å². The quantitative estimate of drug-likeness (QED) is 0.176. The number of hydrogen-bond acceptors (Lipinski definition) is 2. The van der Waals surface area contributed by atoms with Gasteiger partial charge in [0.25, 0.3) is 0 Å². The molecule has 3 saturated carbocycles. The van der Waals surface area contributed by atoms with Crippen molar-refractivity contribution in [1.29, 1.82) is 0 Å². The molecule has 0 amide bonds. The van der Waals surface area contributed by atoms with E-state index in [-0.39, 0.29) is 0 Å². The van der Waals surface area contributed by atoms with Crippen LogP contribution in [-0.4, -0.2) is 25.8 Å². The number of fused-ring (bicyclic) bond motifs is 3. The summed E-state index contributed by atoms with van der Waals surface area (Å²) in [6, 6.07) is 0. The SMILES string of the molecule is C=CCCCCC1(C)CCC2C(C(SO)CC3CCCCC32C)C1CC[Se]. The topological polar surface area (TPSA) is 20.2 Å². The fourth-order valence-electron chi connectivity index (χ4n) is 7.55. The Hall–Kier alpha value is 0.569. The number of rotatable bonds is 8. The monoisotopic (exact) mass is 457 g/mol. The third-order valence-corrected chi connectivity index (χ3v) is 10.3. The zero-order valence-electron chi connectivity index (χ0n) is 17.6. The molecule has 3 rings (SSSR count). The van der Waals surface area contributed by atoms with Crippen molar-refractivity contribution in [3.05, 3.63) is 12.7 Å². The fraction of sp³-hybridized carbons (Fsp3) is 0.917. The van der Waals surface area contributed by atoms with Gasteiger partial charge in [0.2, 0.25) is 0 Å². The first-order valence-corrected chi connectivity index (χ1v) is 13.5. The Bertz CT molecular complexity index is 497. The molecule has 155 valence electrons. The third kappa shape index (κ3) is 4.37. The Morgan fingerprint density at radius 2 is 2.00 bits per heavy atom. The average Bonchev–Trinajstić information content (AvgIpc) is 2.66. The van der Waals surface area contributed by atoms with E-state index in [1.165, 1.54) is 88.0 Å². The second-order valence-electron chi connectivity index (χ2n) is 10.3. The van der Waals surface area contributed by atoms with Gasteiger partial charge in [-0.1, -0.05) is 0 Å². The van der Waals surface area contributed by atoms with Crippen LogP contribution in [0.15, 0.2) is 12.7 Å². The van der Waals surface area contributed by atoms with E-state index in [9.17, 15) is 4.55 Å². The molecule has 3 aliphatic rings. The summed E-state index contributed by atoms with van der Waals surface area (Å²) >= 11 is 4.54. The second-order valence-corrected chi connectivity index (χ2v) is 12.0. The molecule has 3 heteroatoms. The summed E-state index contributed by atoms with van der Waals surface area (Å²) in [6.07, 6.45) is 18.2. The molecule has 0 aromatic rings. The first-order chi connectivity index (χ1) is 13.0. The summed E-state index contributed by atoms with van der Waals surface area (Å²) in [5.41, 5.74) is 0.993. The van der Waals surface area contributed by atoms with Gasteiger partial charge in [0, 0.05) is 0 Å². The van der Waals surface area contributed by atoms with Crippen LogP contribution in [0, 0.1) is 34.5 Å². The Balaban J connectivity index is 1.85. The molecule has 3 aliphatic carbocycles. The maximum atomic E-state index is 10.3. The molecule has 0 saturated heterocycles. The van der Waals surface area contributed by atoms with Crippen LogP contribution in [0.4, 0.5) is 0 Å². The molecule has 7 unspecified atom stereocenters. The number of hydrogen-bond donors (Lipinski definition) is 1. The molecule has 0 heterocycles. The van der Waals surface area contributed by atoms with Gasteiger partial charge in [-0.15, -0.1) is 0 Å². The Morgan fingerprint density at radius 1 is 1.19 bits per heavy atom. The van der Waals surface area contributed by atoms with Gasteiger partial charge in [0.1, 0.15) is 0 Å². The van der Waals surface area contributed by atoms with Gasteiger partial charge in [0.15, 0.2) is 0 Å². The van der Waals surface area contributed by atoms with Crippen molar-refractivity contribution in [3.63, 3.8) is 0 Å². The third-order valence-electron chi connectivity index (χ3n) is 9.07. The Labute approximate surface area is 180 Å². The van der Waals surface area contributed by atoms with Crippen molar-refractivity contribution in [3.8, 4) is 0 Å². The summed E-state index contributed by atoms with van der Waals surface area (Å²) in [5, 5.41) is 1.63. The van der Waals surface area contributed by atoms with Crippen LogP contribution in [0.5, 0.6) is 0 Å². The first kappa shape index (κ1) is 22.3. The van der Waals surface area contributed by atoms with Crippen molar-refractivity contribution >= 4 is 28.1 Å². The Morgan fingerprint density at radius 3 is 2.70 bits per heavy atom. The zero-order chi connectivity index (χ0) is 19.5. The van der Waals surface area contributed by atoms with Gasteiger partial charge < -0.3 is 0 Å². The minimum atomic E-state index is 0.456. The van der Waals surface area contributed by atoms with Crippen LogP contribution in [0.1, 0.15) is 90.9 Å². The van der Waals surface area contributed by atoms with Gasteiger partial charge in [-0.05, 0) is 0 Å². The maximum absolute atomic E-state index is 10.3. The van der Waals surface area contributed by atoms with Crippen molar-refractivity contribution in [2.24, 2.45) is 34.5 Å². The molecule has 7 atom stereocenters. The van der Waals surface area contributed by atoms with Crippen LogP contribution in [0.3, 0.4) is 0 Å². The van der Waals surface area contributed by atoms with E-state index in [0.29, 0.717) is 22.0 Å². The van der Waals surface area contributed by atoms with Gasteiger partial charge in [-0.25, -0.2) is 0 Å². The molecule has 27 heavy (non-hydrogen) atoms. The van der Waals surface area contributed by atoms with Gasteiger partial charge >= 0.3 is 181 Å². The first-order valence-electron chi connectivity index (χ1n) is 11.5.